The van der Waals surface area contributed by atoms with Gasteiger partial charge in [0.05, 0.1) is 17.0 Å². The van der Waals surface area contributed by atoms with Crippen molar-refractivity contribution in [3.63, 3.8) is 0 Å². The predicted molar refractivity (Wildman–Crippen MR) is 78.3 cm³/mol. The fraction of sp³-hybridized carbons (Fsp3) is 0.188. The van der Waals surface area contributed by atoms with Crippen molar-refractivity contribution in [1.82, 2.24) is 0 Å². The lowest BCUT2D eigenvalue weighted by Gasteiger charge is -2.12. The van der Waals surface area contributed by atoms with E-state index in [1.54, 1.807) is 0 Å². The van der Waals surface area contributed by atoms with Gasteiger partial charge < -0.3 is 0 Å². The second-order valence-corrected chi connectivity index (χ2v) is 4.57. The van der Waals surface area contributed by atoms with Gasteiger partial charge in [0.2, 0.25) is 0 Å². The van der Waals surface area contributed by atoms with Gasteiger partial charge in [0.15, 0.2) is 0 Å². The predicted octanol–water partition coefficient (Wildman–Crippen LogP) is 5.07. The summed E-state index contributed by atoms with van der Waals surface area (Å²) >= 11 is 0. The first-order valence-corrected chi connectivity index (χ1v) is 6.66. The van der Waals surface area contributed by atoms with Crippen molar-refractivity contribution in [2.24, 2.45) is 5.10 Å². The first-order valence-electron chi connectivity index (χ1n) is 6.66. The molecule has 0 fully saturated rings. The SMILES string of the molecule is CC/C(=N\Nc1ccccc1C(F)(F)F)c1ccc(F)cc1. The number of anilines is 1. The molecule has 0 saturated heterocycles. The third-order valence-electron chi connectivity index (χ3n) is 3.06. The molecule has 116 valence electrons. The minimum atomic E-state index is -4.46. The second-order valence-electron chi connectivity index (χ2n) is 4.57. The molecular weight excluding hydrogens is 296 g/mol. The van der Waals surface area contributed by atoms with E-state index >= 15 is 0 Å². The van der Waals surface area contributed by atoms with Crippen LogP contribution in [0.2, 0.25) is 0 Å². The highest BCUT2D eigenvalue weighted by molar-refractivity contribution is 6.00. The van der Waals surface area contributed by atoms with E-state index in [1.165, 1.54) is 42.5 Å². The van der Waals surface area contributed by atoms with Crippen LogP contribution >= 0.6 is 0 Å². The minimum absolute atomic E-state index is 0.122. The van der Waals surface area contributed by atoms with Gasteiger partial charge in [-0.3, -0.25) is 5.43 Å². The lowest BCUT2D eigenvalue weighted by molar-refractivity contribution is -0.136. The number of nitrogens with zero attached hydrogens (tertiary/aromatic N) is 1. The van der Waals surface area contributed by atoms with Crippen molar-refractivity contribution in [2.75, 3.05) is 5.43 Å². The highest BCUT2D eigenvalue weighted by Gasteiger charge is 2.33. The molecule has 0 aliphatic carbocycles. The van der Waals surface area contributed by atoms with Gasteiger partial charge in [0, 0.05) is 0 Å². The first-order chi connectivity index (χ1) is 10.4. The zero-order valence-corrected chi connectivity index (χ0v) is 11.8. The molecule has 0 amide bonds. The fourth-order valence-electron chi connectivity index (χ4n) is 1.95. The summed E-state index contributed by atoms with van der Waals surface area (Å²) in [6, 6.07) is 10.7. The first kappa shape index (κ1) is 16.0. The highest BCUT2D eigenvalue weighted by atomic mass is 19.4. The minimum Gasteiger partial charge on any atom is -0.278 e. The van der Waals surface area contributed by atoms with Crippen molar-refractivity contribution < 1.29 is 17.6 Å². The van der Waals surface area contributed by atoms with Gasteiger partial charge in [-0.15, -0.1) is 0 Å². The molecule has 1 N–H and O–H groups in total. The molecule has 0 aromatic heterocycles. The molecule has 0 radical (unpaired) electrons. The van der Waals surface area contributed by atoms with Gasteiger partial charge in [-0.25, -0.2) is 4.39 Å². The van der Waals surface area contributed by atoms with Crippen LogP contribution in [-0.4, -0.2) is 5.71 Å². The molecule has 0 unspecified atom stereocenters. The number of hydrogen-bond donors (Lipinski definition) is 1. The van der Waals surface area contributed by atoms with Gasteiger partial charge in [-0.05, 0) is 36.2 Å². The van der Waals surface area contributed by atoms with Crippen LogP contribution in [0.5, 0.6) is 0 Å². The van der Waals surface area contributed by atoms with E-state index in [9.17, 15) is 17.6 Å². The van der Waals surface area contributed by atoms with Gasteiger partial charge in [-0.2, -0.15) is 18.3 Å². The molecular formula is C16H14F4N2. The van der Waals surface area contributed by atoms with Crippen LogP contribution in [0.15, 0.2) is 53.6 Å². The maximum atomic E-state index is 12.9. The van der Waals surface area contributed by atoms with E-state index in [2.05, 4.69) is 10.5 Å². The summed E-state index contributed by atoms with van der Waals surface area (Å²) in [5, 5.41) is 4.03. The quantitative estimate of drug-likeness (QED) is 0.476. The van der Waals surface area contributed by atoms with Crippen LogP contribution in [0, 0.1) is 5.82 Å². The molecule has 0 saturated carbocycles. The Labute approximate surface area is 125 Å². The Bertz CT molecular complexity index is 661. The normalized spacial score (nSPS) is 12.3. The van der Waals surface area contributed by atoms with Gasteiger partial charge in [-0.1, -0.05) is 31.2 Å². The summed E-state index contributed by atoms with van der Waals surface area (Å²) in [4.78, 5) is 0. The number of nitrogens with one attached hydrogen (secondary N) is 1. The Morgan fingerprint density at radius 3 is 2.27 bits per heavy atom. The fourth-order valence-corrected chi connectivity index (χ4v) is 1.95. The summed E-state index contributed by atoms with van der Waals surface area (Å²) in [6.07, 6.45) is -3.96. The molecule has 22 heavy (non-hydrogen) atoms. The summed E-state index contributed by atoms with van der Waals surface area (Å²) in [7, 11) is 0. The largest absolute Gasteiger partial charge is 0.418 e. The molecule has 0 bridgehead atoms. The van der Waals surface area contributed by atoms with E-state index < -0.39 is 11.7 Å². The smallest absolute Gasteiger partial charge is 0.278 e. The summed E-state index contributed by atoms with van der Waals surface area (Å²) in [5.41, 5.74) is 2.74. The van der Waals surface area contributed by atoms with Crippen LogP contribution in [0.4, 0.5) is 23.2 Å². The van der Waals surface area contributed by atoms with E-state index in [0.717, 1.165) is 6.07 Å². The van der Waals surface area contributed by atoms with Crippen LogP contribution in [0.3, 0.4) is 0 Å². The monoisotopic (exact) mass is 310 g/mol. The number of hydrazone groups is 1. The van der Waals surface area contributed by atoms with Crippen molar-refractivity contribution in [3.8, 4) is 0 Å². The summed E-state index contributed by atoms with van der Waals surface area (Å²) in [6.45, 7) is 1.82. The Kier molecular flexibility index (Phi) is 4.80. The van der Waals surface area contributed by atoms with E-state index in [4.69, 9.17) is 0 Å². The maximum Gasteiger partial charge on any atom is 0.418 e. The van der Waals surface area contributed by atoms with Gasteiger partial charge >= 0.3 is 6.18 Å². The van der Waals surface area contributed by atoms with Crippen LogP contribution in [0.1, 0.15) is 24.5 Å². The summed E-state index contributed by atoms with van der Waals surface area (Å²) in [5.74, 6) is -0.380. The van der Waals surface area contributed by atoms with Crippen molar-refractivity contribution in [3.05, 3.63) is 65.5 Å². The van der Waals surface area contributed by atoms with Gasteiger partial charge in [0.1, 0.15) is 5.82 Å². The van der Waals surface area contributed by atoms with Crippen molar-refractivity contribution >= 4 is 11.4 Å². The van der Waals surface area contributed by atoms with Crippen LogP contribution in [0.25, 0.3) is 0 Å². The molecule has 0 aliphatic heterocycles. The lowest BCUT2D eigenvalue weighted by Crippen LogP contribution is -2.10. The molecule has 2 nitrogen and oxygen atoms in total. The Hall–Kier alpha value is -2.37. The molecule has 0 atom stereocenters. The van der Waals surface area contributed by atoms with E-state index in [0.29, 0.717) is 17.7 Å². The molecule has 0 heterocycles. The second kappa shape index (κ2) is 6.60. The molecule has 2 rings (SSSR count). The Morgan fingerprint density at radius 2 is 1.68 bits per heavy atom. The molecule has 0 aliphatic rings. The number of rotatable bonds is 4. The maximum absolute atomic E-state index is 12.9. The van der Waals surface area contributed by atoms with Crippen molar-refractivity contribution in [1.29, 1.82) is 0 Å². The number of para-hydroxylation sites is 1. The van der Waals surface area contributed by atoms with E-state index in [1.807, 2.05) is 6.92 Å². The Balaban J connectivity index is 2.28. The number of hydrogen-bond acceptors (Lipinski definition) is 2. The van der Waals surface area contributed by atoms with E-state index in [-0.39, 0.29) is 11.5 Å². The van der Waals surface area contributed by atoms with Crippen LogP contribution in [-0.2, 0) is 6.18 Å². The average Bonchev–Trinajstić information content (AvgIpc) is 2.49. The third-order valence-corrected chi connectivity index (χ3v) is 3.06. The number of benzene rings is 2. The van der Waals surface area contributed by atoms with Crippen molar-refractivity contribution in [2.45, 2.75) is 19.5 Å². The van der Waals surface area contributed by atoms with Gasteiger partial charge in [0.25, 0.3) is 0 Å². The average molecular weight is 310 g/mol. The third kappa shape index (κ3) is 3.84. The molecule has 2 aromatic carbocycles. The molecule has 2 aromatic rings. The number of alkyl halides is 3. The topological polar surface area (TPSA) is 24.4 Å². The number of halogens is 4. The lowest BCUT2D eigenvalue weighted by atomic mass is 10.1. The molecule has 6 heteroatoms. The zero-order valence-electron chi connectivity index (χ0n) is 11.8. The Morgan fingerprint density at radius 1 is 1.05 bits per heavy atom. The summed E-state index contributed by atoms with van der Waals surface area (Å²) < 4.78 is 51.6. The molecule has 0 spiro atoms. The zero-order chi connectivity index (χ0) is 16.2. The van der Waals surface area contributed by atoms with Crippen LogP contribution < -0.4 is 5.43 Å². The standard InChI is InChI=1S/C16H14F4N2/c1-2-14(11-7-9-12(17)10-8-11)21-22-15-6-4-3-5-13(15)16(18,19)20/h3-10,22H,2H2,1H3/b21-14+. The highest BCUT2D eigenvalue weighted by Crippen LogP contribution is 2.34.